The Bertz CT molecular complexity index is 429. The molecule has 0 radical (unpaired) electrons. The molecule has 0 spiro atoms. The van der Waals surface area contributed by atoms with E-state index in [1.54, 1.807) is 24.3 Å². The summed E-state index contributed by atoms with van der Waals surface area (Å²) in [6.45, 7) is 1.24. The third-order valence-corrected chi connectivity index (χ3v) is 2.39. The fourth-order valence-electron chi connectivity index (χ4n) is 1.43. The first kappa shape index (κ1) is 15.0. The van der Waals surface area contributed by atoms with Gasteiger partial charge in [0, 0.05) is 6.92 Å². The monoisotopic (exact) mass is 267 g/mol. The largest absolute Gasteiger partial charge is 0.491 e. The van der Waals surface area contributed by atoms with E-state index in [0.717, 1.165) is 5.56 Å². The molecule has 0 aliphatic rings. The van der Waals surface area contributed by atoms with E-state index in [-0.39, 0.29) is 19.1 Å². The molecule has 104 valence electrons. The fraction of sp³-hybridized carbons (Fsp3) is 0.385. The van der Waals surface area contributed by atoms with Crippen molar-refractivity contribution in [3.8, 4) is 5.75 Å². The average molecular weight is 267 g/mol. The van der Waals surface area contributed by atoms with Crippen LogP contribution < -0.4 is 10.1 Å². The van der Waals surface area contributed by atoms with Crippen molar-refractivity contribution in [2.45, 2.75) is 19.6 Å². The van der Waals surface area contributed by atoms with E-state index >= 15 is 0 Å². The summed E-state index contributed by atoms with van der Waals surface area (Å²) in [5, 5.41) is 11.3. The van der Waals surface area contributed by atoms with E-state index < -0.39 is 12.0 Å². The van der Waals surface area contributed by atoms with Crippen LogP contribution >= 0.6 is 0 Å². The van der Waals surface area contributed by atoms with Crippen molar-refractivity contribution in [3.05, 3.63) is 29.8 Å². The van der Waals surface area contributed by atoms with Crippen LogP contribution in [-0.2, 0) is 20.9 Å². The number of aliphatic hydroxyl groups excluding tert-OH is 1. The van der Waals surface area contributed by atoms with Crippen LogP contribution in [0.25, 0.3) is 0 Å². The van der Waals surface area contributed by atoms with Crippen molar-refractivity contribution < 1.29 is 24.2 Å². The van der Waals surface area contributed by atoms with Crippen LogP contribution in [0.2, 0.25) is 0 Å². The highest BCUT2D eigenvalue weighted by atomic mass is 16.5. The first-order valence-corrected chi connectivity index (χ1v) is 5.74. The highest BCUT2D eigenvalue weighted by Gasteiger charge is 2.20. The molecule has 0 aromatic heterocycles. The number of aliphatic hydroxyl groups is 1. The number of rotatable bonds is 6. The van der Waals surface area contributed by atoms with E-state index in [2.05, 4.69) is 10.1 Å². The molecule has 6 nitrogen and oxygen atoms in total. The number of benzene rings is 1. The first-order chi connectivity index (χ1) is 9.06. The zero-order valence-corrected chi connectivity index (χ0v) is 10.9. The zero-order chi connectivity index (χ0) is 14.3. The van der Waals surface area contributed by atoms with Crippen LogP contribution in [0.1, 0.15) is 12.5 Å². The second-order valence-electron chi connectivity index (χ2n) is 3.89. The van der Waals surface area contributed by atoms with E-state index in [4.69, 9.17) is 9.84 Å². The maximum atomic E-state index is 11.4. The van der Waals surface area contributed by atoms with Gasteiger partial charge in [-0.2, -0.15) is 0 Å². The van der Waals surface area contributed by atoms with Crippen molar-refractivity contribution in [1.82, 2.24) is 5.32 Å². The second kappa shape index (κ2) is 7.38. The van der Waals surface area contributed by atoms with Gasteiger partial charge in [0.1, 0.15) is 12.4 Å². The van der Waals surface area contributed by atoms with Gasteiger partial charge >= 0.3 is 5.97 Å². The molecule has 0 aliphatic carbocycles. The third-order valence-electron chi connectivity index (χ3n) is 2.39. The third kappa shape index (κ3) is 4.97. The summed E-state index contributed by atoms with van der Waals surface area (Å²) in [7, 11) is 1.24. The van der Waals surface area contributed by atoms with Gasteiger partial charge in [-0.1, -0.05) is 12.1 Å². The van der Waals surface area contributed by atoms with Gasteiger partial charge in [-0.25, -0.2) is 4.79 Å². The highest BCUT2D eigenvalue weighted by Crippen LogP contribution is 2.12. The van der Waals surface area contributed by atoms with Crippen molar-refractivity contribution in [2.24, 2.45) is 0 Å². The summed E-state index contributed by atoms with van der Waals surface area (Å²) in [6.07, 6.45) is 0. The topological polar surface area (TPSA) is 84.9 Å². The molecule has 0 bridgehead atoms. The number of hydrogen-bond acceptors (Lipinski definition) is 5. The first-order valence-electron chi connectivity index (χ1n) is 5.74. The Morgan fingerprint density at radius 1 is 1.32 bits per heavy atom. The molecule has 19 heavy (non-hydrogen) atoms. The molecule has 0 saturated heterocycles. The Morgan fingerprint density at radius 3 is 2.42 bits per heavy atom. The number of carbonyl (C=O) groups excluding carboxylic acids is 2. The summed E-state index contributed by atoms with van der Waals surface area (Å²) in [6, 6.07) is 5.92. The van der Waals surface area contributed by atoms with Crippen molar-refractivity contribution in [3.63, 3.8) is 0 Å². The molecule has 1 aromatic carbocycles. The van der Waals surface area contributed by atoms with E-state index in [9.17, 15) is 9.59 Å². The molecule has 6 heteroatoms. The molecule has 0 saturated carbocycles. The molecule has 0 heterocycles. The Morgan fingerprint density at radius 2 is 1.95 bits per heavy atom. The summed E-state index contributed by atoms with van der Waals surface area (Å²) in [5.41, 5.74) is 0.763. The minimum Gasteiger partial charge on any atom is -0.491 e. The Kier molecular flexibility index (Phi) is 5.81. The molecule has 0 fully saturated rings. The Balaban J connectivity index is 2.59. The number of ether oxygens (including phenoxy) is 2. The Hall–Kier alpha value is -2.08. The quantitative estimate of drug-likeness (QED) is 0.721. The predicted molar refractivity (Wildman–Crippen MR) is 67.5 cm³/mol. The normalized spacial score (nSPS) is 11.5. The highest BCUT2D eigenvalue weighted by molar-refractivity contribution is 5.83. The molecule has 2 N–H and O–H groups in total. The number of amides is 1. The summed E-state index contributed by atoms with van der Waals surface area (Å²) < 4.78 is 9.97. The van der Waals surface area contributed by atoms with Gasteiger partial charge in [0.2, 0.25) is 5.91 Å². The summed E-state index contributed by atoms with van der Waals surface area (Å²) in [4.78, 5) is 22.4. The van der Waals surface area contributed by atoms with Gasteiger partial charge < -0.3 is 19.9 Å². The number of nitrogens with one attached hydrogen (secondary N) is 1. The molecule has 1 aromatic rings. The van der Waals surface area contributed by atoms with Gasteiger partial charge in [0.05, 0.1) is 13.7 Å². The van der Waals surface area contributed by atoms with Gasteiger partial charge in [-0.15, -0.1) is 0 Å². The smallest absolute Gasteiger partial charge is 0.331 e. The number of carbonyl (C=O) groups is 2. The van der Waals surface area contributed by atoms with Crippen LogP contribution in [0.15, 0.2) is 24.3 Å². The molecular weight excluding hydrogens is 250 g/mol. The zero-order valence-electron chi connectivity index (χ0n) is 10.9. The molecule has 1 atom stereocenters. The molecular formula is C13H17NO5. The second-order valence-corrected chi connectivity index (χ2v) is 3.89. The standard InChI is InChI=1S/C13H17NO5/c1-9(16)14-12(13(17)18-2)8-19-11-5-3-10(7-15)4-6-11/h3-6,12,15H,7-8H2,1-2H3,(H,14,16). The van der Waals surface area contributed by atoms with Crippen LogP contribution in [0, 0.1) is 0 Å². The molecule has 0 aliphatic heterocycles. The van der Waals surface area contributed by atoms with Crippen molar-refractivity contribution in [1.29, 1.82) is 0 Å². The van der Waals surface area contributed by atoms with Crippen molar-refractivity contribution in [2.75, 3.05) is 13.7 Å². The maximum Gasteiger partial charge on any atom is 0.331 e. The van der Waals surface area contributed by atoms with Crippen LogP contribution in [0.3, 0.4) is 0 Å². The predicted octanol–water partition coefficient (Wildman–Crippen LogP) is 0.235. The summed E-state index contributed by atoms with van der Waals surface area (Å²) >= 11 is 0. The Labute approximate surface area is 111 Å². The SMILES string of the molecule is COC(=O)C(COc1ccc(CO)cc1)NC(C)=O. The summed E-state index contributed by atoms with van der Waals surface area (Å²) in [5.74, 6) is -0.367. The minimum absolute atomic E-state index is 0.0231. The number of esters is 1. The molecule has 1 amide bonds. The lowest BCUT2D eigenvalue weighted by Gasteiger charge is -2.16. The molecule has 1 unspecified atom stereocenters. The number of hydrogen-bond donors (Lipinski definition) is 2. The lowest BCUT2D eigenvalue weighted by Crippen LogP contribution is -2.44. The fourth-order valence-corrected chi connectivity index (χ4v) is 1.43. The number of methoxy groups -OCH3 is 1. The van der Waals surface area contributed by atoms with Crippen molar-refractivity contribution >= 4 is 11.9 Å². The van der Waals surface area contributed by atoms with Crippen LogP contribution in [0.4, 0.5) is 0 Å². The lowest BCUT2D eigenvalue weighted by atomic mass is 10.2. The minimum atomic E-state index is -0.847. The van der Waals surface area contributed by atoms with E-state index in [0.29, 0.717) is 5.75 Å². The van der Waals surface area contributed by atoms with E-state index in [1.165, 1.54) is 14.0 Å². The molecule has 1 rings (SSSR count). The average Bonchev–Trinajstić information content (AvgIpc) is 2.42. The lowest BCUT2D eigenvalue weighted by molar-refractivity contribution is -0.145. The van der Waals surface area contributed by atoms with Crippen LogP contribution in [-0.4, -0.2) is 36.7 Å². The van der Waals surface area contributed by atoms with Gasteiger partial charge in [-0.05, 0) is 17.7 Å². The van der Waals surface area contributed by atoms with Gasteiger partial charge in [-0.3, -0.25) is 4.79 Å². The maximum absolute atomic E-state index is 11.4. The van der Waals surface area contributed by atoms with E-state index in [1.807, 2.05) is 0 Å². The van der Waals surface area contributed by atoms with Crippen LogP contribution in [0.5, 0.6) is 5.75 Å². The van der Waals surface area contributed by atoms with Gasteiger partial charge in [0.25, 0.3) is 0 Å². The van der Waals surface area contributed by atoms with Gasteiger partial charge in [0.15, 0.2) is 6.04 Å².